The van der Waals surface area contributed by atoms with Crippen molar-refractivity contribution in [1.82, 2.24) is 44.8 Å². The lowest BCUT2D eigenvalue weighted by atomic mass is 9.90. The van der Waals surface area contributed by atoms with Gasteiger partial charge in [-0.3, -0.25) is 4.79 Å². The number of carbonyl (C=O) groups excluding carboxylic acids is 1. The van der Waals surface area contributed by atoms with Gasteiger partial charge in [-0.25, -0.2) is 29.0 Å². The van der Waals surface area contributed by atoms with Crippen molar-refractivity contribution in [2.24, 2.45) is 0 Å². The molecule has 1 fully saturated rings. The molecule has 0 spiro atoms. The lowest BCUT2D eigenvalue weighted by molar-refractivity contribution is 0.0920. The number of halogens is 2. The van der Waals surface area contributed by atoms with Crippen LogP contribution in [0.15, 0.2) is 53.0 Å². The lowest BCUT2D eigenvalue weighted by Gasteiger charge is -2.31. The molecule has 10 nitrogen and oxygen atoms in total. The Morgan fingerprint density at radius 2 is 2.11 bits per heavy atom. The molecule has 1 aliphatic rings. The van der Waals surface area contributed by atoms with Gasteiger partial charge in [0, 0.05) is 24.3 Å². The number of aromatic nitrogens is 8. The Balaban J connectivity index is 1.40. The summed E-state index contributed by atoms with van der Waals surface area (Å²) in [5.74, 6) is 0.361. The summed E-state index contributed by atoms with van der Waals surface area (Å²) in [5.41, 5.74) is 1.59. The molecular formula is C23H19BrFN9OS. The molecule has 0 saturated heterocycles. The van der Waals surface area contributed by atoms with Gasteiger partial charge in [-0.05, 0) is 53.7 Å². The second-order valence-corrected chi connectivity index (χ2v) is 10.9. The lowest BCUT2D eigenvalue weighted by Crippen LogP contribution is -2.39. The van der Waals surface area contributed by atoms with Crippen LogP contribution >= 0.6 is 27.3 Å². The predicted molar refractivity (Wildman–Crippen MR) is 134 cm³/mol. The van der Waals surface area contributed by atoms with Gasteiger partial charge in [0.2, 0.25) is 0 Å². The molecule has 0 bridgehead atoms. The average molecular weight is 568 g/mol. The Morgan fingerprint density at radius 1 is 1.19 bits per heavy atom. The van der Waals surface area contributed by atoms with E-state index in [1.165, 1.54) is 17.4 Å². The highest BCUT2D eigenvalue weighted by molar-refractivity contribution is 9.11. The van der Waals surface area contributed by atoms with Gasteiger partial charge >= 0.3 is 0 Å². The van der Waals surface area contributed by atoms with Crippen LogP contribution in [0.1, 0.15) is 41.5 Å². The van der Waals surface area contributed by atoms with Crippen LogP contribution in [0.3, 0.4) is 0 Å². The van der Waals surface area contributed by atoms with Crippen LogP contribution < -0.4 is 5.32 Å². The van der Waals surface area contributed by atoms with Crippen molar-refractivity contribution in [1.29, 1.82) is 0 Å². The molecule has 1 N–H and O–H groups in total. The van der Waals surface area contributed by atoms with Gasteiger partial charge in [0.1, 0.15) is 11.2 Å². The maximum atomic E-state index is 14.9. The summed E-state index contributed by atoms with van der Waals surface area (Å²) >= 11 is 4.65. The first kappa shape index (κ1) is 22.9. The molecule has 1 amide bonds. The third kappa shape index (κ3) is 4.28. The fourth-order valence-corrected chi connectivity index (χ4v) is 5.78. The van der Waals surface area contributed by atoms with Crippen LogP contribution in [0, 0.1) is 5.82 Å². The normalized spacial score (nSPS) is 17.9. The Bertz CT molecular complexity index is 1550. The summed E-state index contributed by atoms with van der Waals surface area (Å²) in [4.78, 5) is 30.4. The zero-order chi connectivity index (χ0) is 24.6. The Morgan fingerprint density at radius 3 is 2.89 bits per heavy atom. The van der Waals surface area contributed by atoms with E-state index in [1.54, 1.807) is 41.7 Å². The molecule has 0 radical (unpaired) electrons. The number of thiazole rings is 1. The maximum absolute atomic E-state index is 14.9. The van der Waals surface area contributed by atoms with Gasteiger partial charge in [0.15, 0.2) is 22.5 Å². The van der Waals surface area contributed by atoms with Crippen molar-refractivity contribution in [3.63, 3.8) is 0 Å². The summed E-state index contributed by atoms with van der Waals surface area (Å²) in [5, 5.41) is 11.4. The van der Waals surface area contributed by atoms with E-state index in [1.807, 2.05) is 10.6 Å². The third-order valence-electron chi connectivity index (χ3n) is 6.21. The van der Waals surface area contributed by atoms with Crippen LogP contribution in [0.4, 0.5) is 4.39 Å². The topological polar surface area (TPSA) is 116 Å². The van der Waals surface area contributed by atoms with E-state index in [2.05, 4.69) is 46.5 Å². The zero-order valence-electron chi connectivity index (χ0n) is 18.8. The summed E-state index contributed by atoms with van der Waals surface area (Å²) in [6.07, 6.45) is 11.4. The fourth-order valence-electron chi connectivity index (χ4n) is 4.67. The first-order valence-electron chi connectivity index (χ1n) is 11.3. The number of hydrogen-bond donors (Lipinski definition) is 1. The molecule has 2 atom stereocenters. The molecule has 0 unspecified atom stereocenters. The minimum absolute atomic E-state index is 0.0421. The Labute approximate surface area is 216 Å². The van der Waals surface area contributed by atoms with E-state index < -0.39 is 5.82 Å². The Hall–Kier alpha value is -3.58. The number of nitrogens with one attached hydrogen (secondary N) is 1. The van der Waals surface area contributed by atoms with Crippen molar-refractivity contribution in [3.8, 4) is 17.3 Å². The Kier molecular flexibility index (Phi) is 6.01. The standard InChI is InChI=1S/C23H19BrFN9OS/c24-18-12-28-23(36-18)22(35)30-13-3-1-4-14(9-13)34-17-10-19(33-8-7-29-32-33)27-11-16(17)31-21(34)20-15(25)5-2-6-26-20/h2,5-8,10-14H,1,3-4,9H2,(H,30,35)/t13-,14+/m0/s1. The number of carbonyl (C=O) groups is 1. The van der Waals surface area contributed by atoms with E-state index in [4.69, 9.17) is 4.98 Å². The number of amides is 1. The van der Waals surface area contributed by atoms with Crippen molar-refractivity contribution in [2.75, 3.05) is 0 Å². The second-order valence-electron chi connectivity index (χ2n) is 8.48. The highest BCUT2D eigenvalue weighted by Gasteiger charge is 2.30. The van der Waals surface area contributed by atoms with E-state index in [0.717, 1.165) is 28.6 Å². The summed E-state index contributed by atoms with van der Waals surface area (Å²) in [6.45, 7) is 0. The van der Waals surface area contributed by atoms with Crippen molar-refractivity contribution >= 4 is 44.2 Å². The largest absolute Gasteiger partial charge is 0.347 e. The predicted octanol–water partition coefficient (Wildman–Crippen LogP) is 4.35. The van der Waals surface area contributed by atoms with Gasteiger partial charge in [-0.2, -0.15) is 0 Å². The molecule has 5 heterocycles. The number of hydrogen-bond acceptors (Lipinski definition) is 8. The molecule has 0 aromatic carbocycles. The second kappa shape index (κ2) is 9.47. The quantitative estimate of drug-likeness (QED) is 0.335. The summed E-state index contributed by atoms with van der Waals surface area (Å²) < 4.78 is 19.3. The first-order chi connectivity index (χ1) is 17.6. The van der Waals surface area contributed by atoms with E-state index in [-0.39, 0.29) is 23.7 Å². The zero-order valence-corrected chi connectivity index (χ0v) is 21.2. The third-order valence-corrected chi connectivity index (χ3v) is 7.68. The molecule has 1 saturated carbocycles. The van der Waals surface area contributed by atoms with Crippen LogP contribution in [-0.4, -0.2) is 51.4 Å². The van der Waals surface area contributed by atoms with Crippen LogP contribution in [0.2, 0.25) is 0 Å². The maximum Gasteiger partial charge on any atom is 0.280 e. The number of fused-ring (bicyclic) bond motifs is 1. The number of imidazole rings is 1. The molecule has 6 rings (SSSR count). The minimum atomic E-state index is -0.450. The number of nitrogens with zero attached hydrogens (tertiary/aromatic N) is 8. The van der Waals surface area contributed by atoms with Gasteiger partial charge in [-0.1, -0.05) is 5.21 Å². The molecule has 1 aliphatic carbocycles. The van der Waals surface area contributed by atoms with Crippen LogP contribution in [0.25, 0.3) is 28.4 Å². The number of rotatable bonds is 5. The van der Waals surface area contributed by atoms with Crippen molar-refractivity contribution in [2.45, 2.75) is 37.8 Å². The molecular weight excluding hydrogens is 549 g/mol. The average Bonchev–Trinajstić information content (AvgIpc) is 3.64. The molecule has 13 heteroatoms. The van der Waals surface area contributed by atoms with E-state index >= 15 is 0 Å². The van der Waals surface area contributed by atoms with Gasteiger partial charge in [-0.15, -0.1) is 16.4 Å². The summed E-state index contributed by atoms with van der Waals surface area (Å²) in [6, 6.07) is 4.70. The highest BCUT2D eigenvalue weighted by atomic mass is 79.9. The van der Waals surface area contributed by atoms with Crippen molar-refractivity contribution < 1.29 is 9.18 Å². The first-order valence-corrected chi connectivity index (χ1v) is 13.0. The molecule has 0 aliphatic heterocycles. The minimum Gasteiger partial charge on any atom is -0.347 e. The molecule has 5 aromatic rings. The smallest absolute Gasteiger partial charge is 0.280 e. The van der Waals surface area contributed by atoms with Gasteiger partial charge in [0.25, 0.3) is 5.91 Å². The SMILES string of the molecule is O=C(N[C@H]1CCC[C@@H](n2c(-c3ncccc3F)nc3cnc(-n4ccnn4)cc32)C1)c1ncc(Br)s1. The van der Waals surface area contributed by atoms with Crippen LogP contribution in [-0.2, 0) is 0 Å². The van der Waals surface area contributed by atoms with Crippen LogP contribution in [0.5, 0.6) is 0 Å². The molecule has 5 aromatic heterocycles. The monoisotopic (exact) mass is 567 g/mol. The van der Waals surface area contributed by atoms with E-state index in [9.17, 15) is 9.18 Å². The van der Waals surface area contributed by atoms with Gasteiger partial charge < -0.3 is 9.88 Å². The fraction of sp³-hybridized carbons (Fsp3) is 0.261. The number of pyridine rings is 2. The highest BCUT2D eigenvalue weighted by Crippen LogP contribution is 2.36. The summed E-state index contributed by atoms with van der Waals surface area (Å²) in [7, 11) is 0. The molecule has 182 valence electrons. The van der Waals surface area contributed by atoms with Gasteiger partial charge in [0.05, 0.1) is 34.1 Å². The van der Waals surface area contributed by atoms with E-state index in [0.29, 0.717) is 28.6 Å². The van der Waals surface area contributed by atoms with Crippen molar-refractivity contribution in [3.05, 3.63) is 63.8 Å². The molecule has 36 heavy (non-hydrogen) atoms.